The number of benzene rings is 2. The fourth-order valence-corrected chi connectivity index (χ4v) is 3.63. The van der Waals surface area contributed by atoms with Crippen molar-refractivity contribution in [2.45, 2.75) is 26.3 Å². The lowest BCUT2D eigenvalue weighted by atomic mass is 10.1. The highest BCUT2D eigenvalue weighted by Gasteiger charge is 2.38. The van der Waals surface area contributed by atoms with Crippen LogP contribution in [0, 0.1) is 12.8 Å². The first-order chi connectivity index (χ1) is 13.8. The lowest BCUT2D eigenvalue weighted by molar-refractivity contribution is -0.137. The topological polar surface area (TPSA) is 69.7 Å². The van der Waals surface area contributed by atoms with Crippen LogP contribution in [-0.2, 0) is 14.4 Å². The number of carbonyl (C=O) groups excluding carboxylic acids is 3. The number of nitrogens with zero attached hydrogens (tertiary/aromatic N) is 2. The fourth-order valence-electron chi connectivity index (χ4n) is 3.63. The number of rotatable bonds is 6. The van der Waals surface area contributed by atoms with E-state index in [0.717, 1.165) is 11.1 Å². The molecule has 1 fully saturated rings. The van der Waals surface area contributed by atoms with Gasteiger partial charge >= 0.3 is 0 Å². The molecule has 3 rings (SSSR count). The van der Waals surface area contributed by atoms with E-state index in [4.69, 9.17) is 0 Å². The molecule has 152 valence electrons. The van der Waals surface area contributed by atoms with Gasteiger partial charge in [-0.1, -0.05) is 48.0 Å². The molecule has 2 aromatic carbocycles. The van der Waals surface area contributed by atoms with Gasteiger partial charge in [0.1, 0.15) is 0 Å². The second-order valence-corrected chi connectivity index (χ2v) is 7.64. The first-order valence-corrected chi connectivity index (χ1v) is 9.81. The van der Waals surface area contributed by atoms with Gasteiger partial charge in [-0.15, -0.1) is 0 Å². The minimum absolute atomic E-state index is 0.0304. The number of amides is 3. The van der Waals surface area contributed by atoms with Crippen LogP contribution < -0.4 is 5.32 Å². The summed E-state index contributed by atoms with van der Waals surface area (Å²) >= 11 is 0. The molecule has 2 atom stereocenters. The number of anilines is 1. The SMILES string of the molecule is Cc1ccc(NC(=O)CN(C)C(=O)[C@@H]2CC(=O)N([C@H](C)c3ccccc3)C2)cc1. The second kappa shape index (κ2) is 8.90. The molecule has 1 heterocycles. The van der Waals surface area contributed by atoms with Crippen molar-refractivity contribution in [1.82, 2.24) is 9.80 Å². The molecule has 0 bridgehead atoms. The van der Waals surface area contributed by atoms with Crippen LogP contribution in [-0.4, -0.2) is 47.7 Å². The van der Waals surface area contributed by atoms with Gasteiger partial charge in [-0.05, 0) is 31.5 Å². The Morgan fingerprint density at radius 2 is 1.79 bits per heavy atom. The lowest BCUT2D eigenvalue weighted by Crippen LogP contribution is -2.39. The Morgan fingerprint density at radius 1 is 1.14 bits per heavy atom. The van der Waals surface area contributed by atoms with Crippen molar-refractivity contribution in [3.05, 3.63) is 65.7 Å². The number of likely N-dealkylation sites (tertiary alicyclic amines) is 1. The first-order valence-electron chi connectivity index (χ1n) is 9.81. The van der Waals surface area contributed by atoms with E-state index < -0.39 is 5.92 Å². The quantitative estimate of drug-likeness (QED) is 0.820. The molecule has 1 N–H and O–H groups in total. The zero-order valence-corrected chi connectivity index (χ0v) is 17.1. The normalized spacial score (nSPS) is 17.1. The van der Waals surface area contributed by atoms with Gasteiger partial charge in [0.2, 0.25) is 17.7 Å². The highest BCUT2D eigenvalue weighted by atomic mass is 16.2. The smallest absolute Gasteiger partial charge is 0.243 e. The van der Waals surface area contributed by atoms with Crippen molar-refractivity contribution in [3.63, 3.8) is 0 Å². The summed E-state index contributed by atoms with van der Waals surface area (Å²) in [4.78, 5) is 40.7. The summed E-state index contributed by atoms with van der Waals surface area (Å²) in [6, 6.07) is 17.2. The van der Waals surface area contributed by atoms with Gasteiger partial charge in [0.25, 0.3) is 0 Å². The average Bonchev–Trinajstić information content (AvgIpc) is 3.10. The molecule has 0 spiro atoms. The standard InChI is InChI=1S/C23H27N3O3/c1-16-9-11-20(12-10-16)24-21(27)15-25(3)23(29)19-13-22(28)26(14-19)17(2)18-7-5-4-6-8-18/h4-12,17,19H,13-15H2,1-3H3,(H,24,27)/t17-,19-/m1/s1. The van der Waals surface area contributed by atoms with Gasteiger partial charge in [-0.25, -0.2) is 0 Å². The number of carbonyl (C=O) groups is 3. The molecule has 0 saturated carbocycles. The molecule has 0 aromatic heterocycles. The number of hydrogen-bond acceptors (Lipinski definition) is 3. The van der Waals surface area contributed by atoms with Crippen LogP contribution in [0.15, 0.2) is 54.6 Å². The third-order valence-electron chi connectivity index (χ3n) is 5.35. The Bertz CT molecular complexity index is 880. The van der Waals surface area contributed by atoms with Crippen molar-refractivity contribution in [3.8, 4) is 0 Å². The molecule has 0 aliphatic carbocycles. The van der Waals surface area contributed by atoms with E-state index in [1.807, 2.05) is 68.4 Å². The largest absolute Gasteiger partial charge is 0.336 e. The molecule has 1 saturated heterocycles. The number of likely N-dealkylation sites (N-methyl/N-ethyl adjacent to an activating group) is 1. The minimum atomic E-state index is -0.425. The summed E-state index contributed by atoms with van der Waals surface area (Å²) in [6.45, 7) is 4.27. The van der Waals surface area contributed by atoms with Crippen LogP contribution in [0.3, 0.4) is 0 Å². The Kier molecular flexibility index (Phi) is 6.32. The van der Waals surface area contributed by atoms with Crippen molar-refractivity contribution in [2.75, 3.05) is 25.5 Å². The van der Waals surface area contributed by atoms with Crippen molar-refractivity contribution in [2.24, 2.45) is 5.92 Å². The van der Waals surface area contributed by atoms with Gasteiger partial charge in [0, 0.05) is 25.7 Å². The van der Waals surface area contributed by atoms with Crippen LogP contribution in [0.5, 0.6) is 0 Å². The maximum absolute atomic E-state index is 12.8. The molecular weight excluding hydrogens is 366 g/mol. The molecule has 0 unspecified atom stereocenters. The van der Waals surface area contributed by atoms with E-state index in [0.29, 0.717) is 12.2 Å². The number of aryl methyl sites for hydroxylation is 1. The van der Waals surface area contributed by atoms with Crippen LogP contribution in [0.1, 0.15) is 30.5 Å². The van der Waals surface area contributed by atoms with Gasteiger partial charge in [0.15, 0.2) is 0 Å². The van der Waals surface area contributed by atoms with Crippen LogP contribution in [0.4, 0.5) is 5.69 Å². The summed E-state index contributed by atoms with van der Waals surface area (Å²) in [5.41, 5.74) is 2.84. The third-order valence-corrected chi connectivity index (χ3v) is 5.35. The summed E-state index contributed by atoms with van der Waals surface area (Å²) in [5.74, 6) is -0.897. The Labute approximate surface area is 171 Å². The zero-order chi connectivity index (χ0) is 21.0. The van der Waals surface area contributed by atoms with Gasteiger partial charge in [0.05, 0.1) is 18.5 Å². The summed E-state index contributed by atoms with van der Waals surface area (Å²) in [7, 11) is 1.60. The van der Waals surface area contributed by atoms with Crippen LogP contribution in [0.2, 0.25) is 0 Å². The van der Waals surface area contributed by atoms with Gasteiger partial charge < -0.3 is 15.1 Å². The van der Waals surface area contributed by atoms with E-state index in [9.17, 15) is 14.4 Å². The molecule has 2 aromatic rings. The maximum Gasteiger partial charge on any atom is 0.243 e. The Balaban J connectivity index is 1.56. The van der Waals surface area contributed by atoms with E-state index in [2.05, 4.69) is 5.32 Å². The third kappa shape index (κ3) is 5.02. The highest BCUT2D eigenvalue weighted by molar-refractivity contribution is 5.96. The van der Waals surface area contributed by atoms with E-state index in [1.165, 1.54) is 4.90 Å². The minimum Gasteiger partial charge on any atom is -0.336 e. The molecule has 3 amide bonds. The van der Waals surface area contributed by atoms with Gasteiger partial charge in [-0.3, -0.25) is 14.4 Å². The molecule has 6 heteroatoms. The van der Waals surface area contributed by atoms with Crippen molar-refractivity contribution < 1.29 is 14.4 Å². The predicted octanol–water partition coefficient (Wildman–Crippen LogP) is 3.00. The number of hydrogen-bond donors (Lipinski definition) is 1. The molecular formula is C23H27N3O3. The van der Waals surface area contributed by atoms with Gasteiger partial charge in [-0.2, -0.15) is 0 Å². The molecule has 1 aliphatic heterocycles. The molecule has 6 nitrogen and oxygen atoms in total. The number of nitrogens with one attached hydrogen (secondary N) is 1. The van der Waals surface area contributed by atoms with E-state index >= 15 is 0 Å². The highest BCUT2D eigenvalue weighted by Crippen LogP contribution is 2.29. The monoisotopic (exact) mass is 393 g/mol. The second-order valence-electron chi connectivity index (χ2n) is 7.64. The molecule has 29 heavy (non-hydrogen) atoms. The Hall–Kier alpha value is -3.15. The summed E-state index contributed by atoms with van der Waals surface area (Å²) in [6.07, 6.45) is 0.180. The molecule has 0 radical (unpaired) electrons. The molecule has 1 aliphatic rings. The van der Waals surface area contributed by atoms with Crippen LogP contribution in [0.25, 0.3) is 0 Å². The van der Waals surface area contributed by atoms with E-state index in [-0.39, 0.29) is 36.7 Å². The summed E-state index contributed by atoms with van der Waals surface area (Å²) < 4.78 is 0. The zero-order valence-electron chi connectivity index (χ0n) is 17.1. The first kappa shape index (κ1) is 20.6. The predicted molar refractivity (Wildman–Crippen MR) is 112 cm³/mol. The van der Waals surface area contributed by atoms with Crippen molar-refractivity contribution in [1.29, 1.82) is 0 Å². The summed E-state index contributed by atoms with van der Waals surface area (Å²) in [5, 5.41) is 2.79. The fraction of sp³-hybridized carbons (Fsp3) is 0.348. The van der Waals surface area contributed by atoms with E-state index in [1.54, 1.807) is 11.9 Å². The lowest BCUT2D eigenvalue weighted by Gasteiger charge is -2.26. The average molecular weight is 393 g/mol. The Morgan fingerprint density at radius 3 is 2.45 bits per heavy atom. The van der Waals surface area contributed by atoms with Crippen LogP contribution >= 0.6 is 0 Å². The van der Waals surface area contributed by atoms with Crippen molar-refractivity contribution >= 4 is 23.4 Å². The maximum atomic E-state index is 12.8.